The monoisotopic (exact) mass is 223 g/mol. The van der Waals surface area contributed by atoms with Crippen molar-refractivity contribution >= 4 is 12.0 Å². The number of carbonyl (C=O) groups excluding carboxylic acids is 1. The van der Waals surface area contributed by atoms with Crippen LogP contribution in [-0.2, 0) is 16.6 Å². The maximum Gasteiger partial charge on any atom is 0.244 e. The van der Waals surface area contributed by atoms with Crippen LogP contribution in [0.5, 0.6) is 0 Å². The van der Waals surface area contributed by atoms with E-state index in [1.807, 2.05) is 13.2 Å². The molecule has 0 aromatic carbocycles. The molecule has 88 valence electrons. The molecular weight excluding hydrogens is 206 g/mol. The van der Waals surface area contributed by atoms with E-state index >= 15 is 0 Å². The van der Waals surface area contributed by atoms with Crippen LogP contribution in [-0.4, -0.2) is 35.9 Å². The van der Waals surface area contributed by atoms with Gasteiger partial charge in [0, 0.05) is 45.1 Å². The first-order valence-corrected chi connectivity index (χ1v) is 5.16. The SMILES string of the molecule is COCCCNC(=O)C=Cc1cnn(C)c1. The molecule has 1 rings (SSSR count). The molecule has 0 spiro atoms. The Morgan fingerprint density at radius 1 is 1.69 bits per heavy atom. The molecule has 0 aliphatic carbocycles. The Morgan fingerprint density at radius 2 is 2.50 bits per heavy atom. The van der Waals surface area contributed by atoms with E-state index in [1.165, 1.54) is 6.08 Å². The van der Waals surface area contributed by atoms with E-state index in [9.17, 15) is 4.79 Å². The third-order valence-corrected chi connectivity index (χ3v) is 1.98. The second-order valence-electron chi connectivity index (χ2n) is 3.42. The first kappa shape index (κ1) is 12.4. The lowest BCUT2D eigenvalue weighted by atomic mass is 10.3. The first-order chi connectivity index (χ1) is 7.72. The quantitative estimate of drug-likeness (QED) is 0.567. The summed E-state index contributed by atoms with van der Waals surface area (Å²) in [4.78, 5) is 11.3. The van der Waals surface area contributed by atoms with Crippen molar-refractivity contribution in [3.63, 3.8) is 0 Å². The number of rotatable bonds is 6. The number of nitrogens with zero attached hydrogens (tertiary/aromatic N) is 2. The highest BCUT2D eigenvalue weighted by Gasteiger charge is 1.95. The lowest BCUT2D eigenvalue weighted by molar-refractivity contribution is -0.116. The number of carbonyl (C=O) groups is 1. The van der Waals surface area contributed by atoms with Crippen molar-refractivity contribution in [2.45, 2.75) is 6.42 Å². The van der Waals surface area contributed by atoms with Gasteiger partial charge in [-0.15, -0.1) is 0 Å². The number of amides is 1. The van der Waals surface area contributed by atoms with Crippen LogP contribution in [0.15, 0.2) is 18.5 Å². The molecule has 0 fully saturated rings. The maximum absolute atomic E-state index is 11.3. The highest BCUT2D eigenvalue weighted by Crippen LogP contribution is 1.98. The van der Waals surface area contributed by atoms with Gasteiger partial charge in [-0.05, 0) is 12.5 Å². The van der Waals surface area contributed by atoms with Crippen molar-refractivity contribution in [2.24, 2.45) is 7.05 Å². The van der Waals surface area contributed by atoms with E-state index in [2.05, 4.69) is 10.4 Å². The fourth-order valence-electron chi connectivity index (χ4n) is 1.19. The number of aryl methyl sites for hydroxylation is 1. The zero-order chi connectivity index (χ0) is 11.8. The summed E-state index contributed by atoms with van der Waals surface area (Å²) < 4.78 is 6.57. The average Bonchev–Trinajstić information content (AvgIpc) is 2.68. The zero-order valence-electron chi connectivity index (χ0n) is 9.64. The van der Waals surface area contributed by atoms with Crippen molar-refractivity contribution < 1.29 is 9.53 Å². The molecule has 1 aromatic rings. The molecular formula is C11H17N3O2. The van der Waals surface area contributed by atoms with Crippen LogP contribution in [0.2, 0.25) is 0 Å². The minimum atomic E-state index is -0.0973. The number of hydrogen-bond donors (Lipinski definition) is 1. The third kappa shape index (κ3) is 4.75. The van der Waals surface area contributed by atoms with E-state index in [-0.39, 0.29) is 5.91 Å². The predicted octanol–water partition coefficient (Wildman–Crippen LogP) is 0.586. The molecule has 0 atom stereocenters. The molecule has 1 N–H and O–H groups in total. The van der Waals surface area contributed by atoms with Gasteiger partial charge in [0.2, 0.25) is 5.91 Å². The standard InChI is InChI=1S/C11H17N3O2/c1-14-9-10(8-13-14)4-5-11(15)12-6-3-7-16-2/h4-5,8-9H,3,6-7H2,1-2H3,(H,12,15). The van der Waals surface area contributed by atoms with E-state index in [1.54, 1.807) is 24.1 Å². The molecule has 1 heterocycles. The van der Waals surface area contributed by atoms with E-state index in [4.69, 9.17) is 4.74 Å². The minimum absolute atomic E-state index is 0.0973. The number of hydrogen-bond acceptors (Lipinski definition) is 3. The zero-order valence-corrected chi connectivity index (χ0v) is 9.64. The van der Waals surface area contributed by atoms with E-state index in [0.29, 0.717) is 13.2 Å². The third-order valence-electron chi connectivity index (χ3n) is 1.98. The Labute approximate surface area is 95.1 Å². The lowest BCUT2D eigenvalue weighted by Crippen LogP contribution is -2.22. The lowest BCUT2D eigenvalue weighted by Gasteiger charge is -2.00. The first-order valence-electron chi connectivity index (χ1n) is 5.16. The van der Waals surface area contributed by atoms with Crippen LogP contribution >= 0.6 is 0 Å². The van der Waals surface area contributed by atoms with Crippen LogP contribution < -0.4 is 5.32 Å². The fraction of sp³-hybridized carbons (Fsp3) is 0.455. The number of nitrogens with one attached hydrogen (secondary N) is 1. The van der Waals surface area contributed by atoms with Gasteiger partial charge in [-0.1, -0.05) is 0 Å². The molecule has 0 aliphatic heterocycles. The van der Waals surface area contributed by atoms with Gasteiger partial charge < -0.3 is 10.1 Å². The van der Waals surface area contributed by atoms with Gasteiger partial charge in [0.15, 0.2) is 0 Å². The number of methoxy groups -OCH3 is 1. The molecule has 0 aliphatic rings. The van der Waals surface area contributed by atoms with E-state index in [0.717, 1.165) is 12.0 Å². The average molecular weight is 223 g/mol. The van der Waals surface area contributed by atoms with Crippen molar-refractivity contribution in [3.8, 4) is 0 Å². The highest BCUT2D eigenvalue weighted by molar-refractivity contribution is 5.91. The summed E-state index contributed by atoms with van der Waals surface area (Å²) in [5, 5.41) is 6.76. The summed E-state index contributed by atoms with van der Waals surface area (Å²) in [5.74, 6) is -0.0973. The Morgan fingerprint density at radius 3 is 3.12 bits per heavy atom. The van der Waals surface area contributed by atoms with Crippen LogP contribution in [0.1, 0.15) is 12.0 Å². The Bertz CT molecular complexity index is 358. The second kappa shape index (κ2) is 6.79. The molecule has 1 amide bonds. The molecule has 0 saturated carbocycles. The second-order valence-corrected chi connectivity index (χ2v) is 3.42. The smallest absolute Gasteiger partial charge is 0.244 e. The maximum atomic E-state index is 11.3. The fourth-order valence-corrected chi connectivity index (χ4v) is 1.19. The molecule has 0 radical (unpaired) electrons. The number of ether oxygens (including phenoxy) is 1. The Hall–Kier alpha value is -1.62. The predicted molar refractivity (Wildman–Crippen MR) is 61.7 cm³/mol. The van der Waals surface area contributed by atoms with Gasteiger partial charge in [-0.25, -0.2) is 0 Å². The molecule has 16 heavy (non-hydrogen) atoms. The molecule has 0 saturated heterocycles. The largest absolute Gasteiger partial charge is 0.385 e. The van der Waals surface area contributed by atoms with E-state index < -0.39 is 0 Å². The van der Waals surface area contributed by atoms with Gasteiger partial charge in [-0.3, -0.25) is 9.48 Å². The molecule has 0 unspecified atom stereocenters. The molecule has 0 bridgehead atoms. The minimum Gasteiger partial charge on any atom is -0.385 e. The summed E-state index contributed by atoms with van der Waals surface area (Å²) >= 11 is 0. The molecule has 5 heteroatoms. The van der Waals surface area contributed by atoms with Crippen molar-refractivity contribution in [1.29, 1.82) is 0 Å². The Balaban J connectivity index is 2.26. The van der Waals surface area contributed by atoms with Crippen LogP contribution in [0, 0.1) is 0 Å². The van der Waals surface area contributed by atoms with Crippen molar-refractivity contribution in [1.82, 2.24) is 15.1 Å². The van der Waals surface area contributed by atoms with Gasteiger partial charge in [-0.2, -0.15) is 5.10 Å². The number of aromatic nitrogens is 2. The normalized spacial score (nSPS) is 10.9. The summed E-state index contributed by atoms with van der Waals surface area (Å²) in [5.41, 5.74) is 0.912. The van der Waals surface area contributed by atoms with Crippen LogP contribution in [0.25, 0.3) is 6.08 Å². The van der Waals surface area contributed by atoms with Crippen LogP contribution in [0.3, 0.4) is 0 Å². The van der Waals surface area contributed by atoms with Crippen molar-refractivity contribution in [2.75, 3.05) is 20.3 Å². The highest BCUT2D eigenvalue weighted by atomic mass is 16.5. The summed E-state index contributed by atoms with van der Waals surface area (Å²) in [6, 6.07) is 0. The summed E-state index contributed by atoms with van der Waals surface area (Å²) in [6.07, 6.45) is 7.61. The topological polar surface area (TPSA) is 56.1 Å². The summed E-state index contributed by atoms with van der Waals surface area (Å²) in [7, 11) is 3.48. The molecule has 5 nitrogen and oxygen atoms in total. The van der Waals surface area contributed by atoms with Crippen LogP contribution in [0.4, 0.5) is 0 Å². The van der Waals surface area contributed by atoms with Gasteiger partial charge >= 0.3 is 0 Å². The Kier molecular flexibility index (Phi) is 5.28. The van der Waals surface area contributed by atoms with Gasteiger partial charge in [0.05, 0.1) is 6.20 Å². The van der Waals surface area contributed by atoms with Gasteiger partial charge in [0.25, 0.3) is 0 Å². The van der Waals surface area contributed by atoms with Crippen molar-refractivity contribution in [3.05, 3.63) is 24.0 Å². The van der Waals surface area contributed by atoms with Gasteiger partial charge in [0.1, 0.15) is 0 Å². The molecule has 1 aromatic heterocycles. The summed E-state index contributed by atoms with van der Waals surface area (Å²) in [6.45, 7) is 1.29.